The van der Waals surface area contributed by atoms with Gasteiger partial charge in [0.15, 0.2) is 0 Å². The van der Waals surface area contributed by atoms with Crippen molar-refractivity contribution in [2.75, 3.05) is 0 Å². The quantitative estimate of drug-likeness (QED) is 0.721. The summed E-state index contributed by atoms with van der Waals surface area (Å²) in [5.74, 6) is 0. The van der Waals surface area contributed by atoms with E-state index in [2.05, 4.69) is 24.9 Å². The summed E-state index contributed by atoms with van der Waals surface area (Å²) < 4.78 is 0. The number of halogens is 1. The lowest BCUT2D eigenvalue weighted by Crippen LogP contribution is -2.27. The highest BCUT2D eigenvalue weighted by Crippen LogP contribution is 2.43. The molecule has 1 aliphatic rings. The summed E-state index contributed by atoms with van der Waals surface area (Å²) in [5.41, 5.74) is 2.75. The minimum absolute atomic E-state index is 0.226. The Bertz CT molecular complexity index is 356. The molecular formula is C14H20ClN. The van der Waals surface area contributed by atoms with Crippen LogP contribution in [0.1, 0.15) is 43.9 Å². The van der Waals surface area contributed by atoms with Gasteiger partial charge in [0.25, 0.3) is 0 Å². The summed E-state index contributed by atoms with van der Waals surface area (Å²) in [7, 11) is 0. The van der Waals surface area contributed by atoms with Gasteiger partial charge in [-0.15, -0.1) is 11.6 Å². The average molecular weight is 238 g/mol. The van der Waals surface area contributed by atoms with Crippen molar-refractivity contribution in [1.29, 1.82) is 0 Å². The molecule has 0 aromatic carbocycles. The van der Waals surface area contributed by atoms with Crippen molar-refractivity contribution in [1.82, 2.24) is 4.98 Å². The lowest BCUT2D eigenvalue weighted by Gasteiger charge is -2.29. The minimum atomic E-state index is 0.226. The van der Waals surface area contributed by atoms with Gasteiger partial charge in [-0.1, -0.05) is 25.8 Å². The van der Waals surface area contributed by atoms with Gasteiger partial charge in [0, 0.05) is 23.7 Å². The van der Waals surface area contributed by atoms with Crippen LogP contribution in [0, 0.1) is 12.3 Å². The largest absolute Gasteiger partial charge is 0.261 e. The molecule has 0 saturated heterocycles. The molecule has 16 heavy (non-hydrogen) atoms. The lowest BCUT2D eigenvalue weighted by molar-refractivity contribution is 0.315. The maximum Gasteiger partial charge on any atom is 0.0447 e. The van der Waals surface area contributed by atoms with Gasteiger partial charge in [-0.2, -0.15) is 0 Å². The van der Waals surface area contributed by atoms with Crippen LogP contribution in [0.3, 0.4) is 0 Å². The Morgan fingerprint density at radius 1 is 1.44 bits per heavy atom. The Kier molecular flexibility index (Phi) is 3.53. The van der Waals surface area contributed by atoms with Crippen LogP contribution in [0.2, 0.25) is 0 Å². The van der Waals surface area contributed by atoms with Crippen LogP contribution in [0.15, 0.2) is 18.3 Å². The molecule has 0 bridgehead atoms. The second kappa shape index (κ2) is 4.75. The molecule has 1 heterocycles. The molecular weight excluding hydrogens is 218 g/mol. The number of nitrogens with zero attached hydrogens (tertiary/aromatic N) is 1. The first-order chi connectivity index (χ1) is 7.62. The predicted molar refractivity (Wildman–Crippen MR) is 68.9 cm³/mol. The molecule has 1 aliphatic carbocycles. The van der Waals surface area contributed by atoms with E-state index in [4.69, 9.17) is 11.6 Å². The molecule has 1 nitrogen and oxygen atoms in total. The molecule has 1 aromatic heterocycles. The van der Waals surface area contributed by atoms with Crippen molar-refractivity contribution in [2.24, 2.45) is 5.41 Å². The third-order valence-electron chi connectivity index (χ3n) is 3.99. The van der Waals surface area contributed by atoms with Gasteiger partial charge in [-0.05, 0) is 36.8 Å². The first-order valence-corrected chi connectivity index (χ1v) is 6.60. The Labute approximate surface area is 103 Å². The SMILES string of the molecule is Cc1cccnc1CC(Cl)C1(C)CCCC1. The summed E-state index contributed by atoms with van der Waals surface area (Å²) in [6.07, 6.45) is 7.98. The average Bonchev–Trinajstić information content (AvgIpc) is 2.70. The molecule has 1 atom stereocenters. The maximum absolute atomic E-state index is 6.59. The molecule has 2 heteroatoms. The van der Waals surface area contributed by atoms with Gasteiger partial charge in [-0.25, -0.2) is 0 Å². The summed E-state index contributed by atoms with van der Waals surface area (Å²) in [5, 5.41) is 0.226. The van der Waals surface area contributed by atoms with Gasteiger partial charge in [-0.3, -0.25) is 4.98 Å². The van der Waals surface area contributed by atoms with Crippen LogP contribution >= 0.6 is 11.6 Å². The van der Waals surface area contributed by atoms with Gasteiger partial charge in [0.2, 0.25) is 0 Å². The number of aryl methyl sites for hydroxylation is 1. The van der Waals surface area contributed by atoms with Crippen molar-refractivity contribution in [3.05, 3.63) is 29.6 Å². The molecule has 1 unspecified atom stereocenters. The predicted octanol–water partition coefficient (Wildman–Crippen LogP) is 4.12. The van der Waals surface area contributed by atoms with Crippen LogP contribution in [0.4, 0.5) is 0 Å². The van der Waals surface area contributed by atoms with Gasteiger partial charge in [0.05, 0.1) is 0 Å². The fourth-order valence-corrected chi connectivity index (χ4v) is 3.01. The summed E-state index contributed by atoms with van der Waals surface area (Å²) in [6, 6.07) is 4.10. The fourth-order valence-electron chi connectivity index (χ4n) is 2.64. The maximum atomic E-state index is 6.59. The van der Waals surface area contributed by atoms with Gasteiger partial charge < -0.3 is 0 Å². The molecule has 0 amide bonds. The van der Waals surface area contributed by atoms with Crippen LogP contribution in [-0.4, -0.2) is 10.4 Å². The molecule has 0 aliphatic heterocycles. The first-order valence-electron chi connectivity index (χ1n) is 6.16. The van der Waals surface area contributed by atoms with Crippen LogP contribution < -0.4 is 0 Å². The molecule has 1 saturated carbocycles. The first kappa shape index (κ1) is 11.9. The highest BCUT2D eigenvalue weighted by Gasteiger charge is 2.36. The summed E-state index contributed by atoms with van der Waals surface area (Å²) >= 11 is 6.59. The second-order valence-corrected chi connectivity index (χ2v) is 5.83. The van der Waals surface area contributed by atoms with Gasteiger partial charge >= 0.3 is 0 Å². The second-order valence-electron chi connectivity index (χ2n) is 5.30. The van der Waals surface area contributed by atoms with E-state index in [-0.39, 0.29) is 5.38 Å². The standard InChI is InChI=1S/C14H20ClN/c1-11-6-5-9-16-12(11)10-13(15)14(2)7-3-4-8-14/h5-6,9,13H,3-4,7-8,10H2,1-2H3. The van der Waals surface area contributed by atoms with Crippen molar-refractivity contribution in [3.8, 4) is 0 Å². The molecule has 0 radical (unpaired) electrons. The number of alkyl halides is 1. The molecule has 1 fully saturated rings. The van der Waals surface area contributed by atoms with Gasteiger partial charge in [0.1, 0.15) is 0 Å². The Hall–Kier alpha value is -0.560. The van der Waals surface area contributed by atoms with E-state index in [0.29, 0.717) is 5.41 Å². The lowest BCUT2D eigenvalue weighted by atomic mass is 9.82. The topological polar surface area (TPSA) is 12.9 Å². The number of pyridine rings is 1. The summed E-state index contributed by atoms with van der Waals surface area (Å²) in [4.78, 5) is 4.44. The van der Waals surface area contributed by atoms with E-state index in [1.54, 1.807) is 0 Å². The van der Waals surface area contributed by atoms with Crippen molar-refractivity contribution >= 4 is 11.6 Å². The Balaban J connectivity index is 2.07. The van der Waals surface area contributed by atoms with E-state index in [1.807, 2.05) is 12.3 Å². The normalized spacial score (nSPS) is 20.9. The smallest absolute Gasteiger partial charge is 0.0447 e. The highest BCUT2D eigenvalue weighted by molar-refractivity contribution is 6.21. The zero-order valence-corrected chi connectivity index (χ0v) is 10.9. The summed E-state index contributed by atoms with van der Waals surface area (Å²) in [6.45, 7) is 4.44. The van der Waals surface area contributed by atoms with Crippen molar-refractivity contribution in [3.63, 3.8) is 0 Å². The molecule has 0 N–H and O–H groups in total. The highest BCUT2D eigenvalue weighted by atomic mass is 35.5. The fraction of sp³-hybridized carbons (Fsp3) is 0.643. The van der Waals surface area contributed by atoms with Crippen molar-refractivity contribution in [2.45, 2.75) is 51.3 Å². The van der Waals surface area contributed by atoms with E-state index in [1.165, 1.54) is 31.2 Å². The van der Waals surface area contributed by atoms with Crippen LogP contribution in [0.25, 0.3) is 0 Å². The monoisotopic (exact) mass is 237 g/mol. The molecule has 0 spiro atoms. The number of aromatic nitrogens is 1. The zero-order valence-electron chi connectivity index (χ0n) is 10.2. The Morgan fingerprint density at radius 3 is 2.75 bits per heavy atom. The third kappa shape index (κ3) is 2.40. The molecule has 88 valence electrons. The molecule has 1 aromatic rings. The van der Waals surface area contributed by atoms with Crippen molar-refractivity contribution < 1.29 is 0 Å². The third-order valence-corrected chi connectivity index (χ3v) is 4.67. The van der Waals surface area contributed by atoms with Crippen LogP contribution in [-0.2, 0) is 6.42 Å². The Morgan fingerprint density at radius 2 is 2.12 bits per heavy atom. The zero-order chi connectivity index (χ0) is 11.6. The number of hydrogen-bond acceptors (Lipinski definition) is 1. The van der Waals surface area contributed by atoms with Crippen LogP contribution in [0.5, 0.6) is 0 Å². The molecule has 2 rings (SSSR count). The van der Waals surface area contributed by atoms with E-state index in [9.17, 15) is 0 Å². The van der Waals surface area contributed by atoms with E-state index < -0.39 is 0 Å². The number of rotatable bonds is 3. The minimum Gasteiger partial charge on any atom is -0.261 e. The van der Waals surface area contributed by atoms with E-state index >= 15 is 0 Å². The van der Waals surface area contributed by atoms with E-state index in [0.717, 1.165) is 12.1 Å². The number of hydrogen-bond donors (Lipinski definition) is 0.